The van der Waals surface area contributed by atoms with E-state index < -0.39 is 0 Å². The van der Waals surface area contributed by atoms with Gasteiger partial charge in [0.05, 0.1) is 18.2 Å². The molecule has 0 aliphatic heterocycles. The first kappa shape index (κ1) is 13.3. The maximum atomic E-state index is 12.4. The third-order valence-electron chi connectivity index (χ3n) is 3.30. The summed E-state index contributed by atoms with van der Waals surface area (Å²) >= 11 is 0. The molecule has 0 spiro atoms. The first-order valence-electron chi connectivity index (χ1n) is 6.07. The van der Waals surface area contributed by atoms with Crippen molar-refractivity contribution in [3.8, 4) is 0 Å². The van der Waals surface area contributed by atoms with Crippen molar-refractivity contribution in [2.45, 2.75) is 13.0 Å². The minimum Gasteiger partial charge on any atom is -0.394 e. The number of benzene rings is 1. The highest BCUT2D eigenvalue weighted by Gasteiger charge is 2.19. The molecule has 0 aliphatic carbocycles. The van der Waals surface area contributed by atoms with Crippen LogP contribution in [-0.4, -0.2) is 40.6 Å². The third-order valence-corrected chi connectivity index (χ3v) is 3.30. The van der Waals surface area contributed by atoms with Crippen LogP contribution in [0.1, 0.15) is 17.3 Å². The van der Waals surface area contributed by atoms with Gasteiger partial charge in [-0.1, -0.05) is 24.3 Å². The summed E-state index contributed by atoms with van der Waals surface area (Å²) in [5.74, 6) is 0.232. The normalized spacial score (nSPS) is 12.4. The van der Waals surface area contributed by atoms with Crippen molar-refractivity contribution < 1.29 is 9.90 Å². The van der Waals surface area contributed by atoms with Crippen molar-refractivity contribution >= 4 is 22.5 Å². The molecule has 1 unspecified atom stereocenters. The number of nitrogens with two attached hydrogens (primary N) is 1. The molecule has 0 bridgehead atoms. The van der Waals surface area contributed by atoms with Crippen LogP contribution in [0.5, 0.6) is 0 Å². The van der Waals surface area contributed by atoms with Gasteiger partial charge in [0.15, 0.2) is 0 Å². The number of hydrogen-bond donors (Lipinski definition) is 2. The number of aliphatic hydroxyl groups excluding tert-OH is 1. The Kier molecular flexibility index (Phi) is 3.66. The molecule has 2 rings (SSSR count). The fourth-order valence-electron chi connectivity index (χ4n) is 1.90. The SMILES string of the molecule is CC(CO)N(C)C(=O)c1cnc(N)c2ccccc12. The highest BCUT2D eigenvalue weighted by Crippen LogP contribution is 2.23. The summed E-state index contributed by atoms with van der Waals surface area (Å²) < 4.78 is 0. The van der Waals surface area contributed by atoms with Crippen LogP contribution >= 0.6 is 0 Å². The number of amides is 1. The highest BCUT2D eigenvalue weighted by atomic mass is 16.3. The Bertz CT molecular complexity index is 613. The Labute approximate surface area is 111 Å². The van der Waals surface area contributed by atoms with Gasteiger partial charge in [-0.15, -0.1) is 0 Å². The van der Waals surface area contributed by atoms with E-state index in [4.69, 9.17) is 10.8 Å². The van der Waals surface area contributed by atoms with E-state index in [1.165, 1.54) is 11.1 Å². The van der Waals surface area contributed by atoms with Gasteiger partial charge in [0.1, 0.15) is 5.82 Å². The number of likely N-dealkylation sites (N-methyl/N-ethyl adjacent to an activating group) is 1. The maximum Gasteiger partial charge on any atom is 0.256 e. The Morgan fingerprint density at radius 1 is 1.42 bits per heavy atom. The molecule has 5 nitrogen and oxygen atoms in total. The van der Waals surface area contributed by atoms with Crippen LogP contribution in [0.4, 0.5) is 5.82 Å². The van der Waals surface area contributed by atoms with E-state index in [1.807, 2.05) is 24.3 Å². The lowest BCUT2D eigenvalue weighted by Crippen LogP contribution is -2.37. The number of carbonyl (C=O) groups excluding carboxylic acids is 1. The minimum atomic E-state index is -0.246. The van der Waals surface area contributed by atoms with E-state index in [-0.39, 0.29) is 18.6 Å². The first-order valence-corrected chi connectivity index (χ1v) is 6.07. The van der Waals surface area contributed by atoms with E-state index in [2.05, 4.69) is 4.98 Å². The number of fused-ring (bicyclic) bond motifs is 1. The van der Waals surface area contributed by atoms with Crippen molar-refractivity contribution in [3.63, 3.8) is 0 Å². The molecule has 100 valence electrons. The molecule has 0 saturated heterocycles. The lowest BCUT2D eigenvalue weighted by atomic mass is 10.1. The molecule has 0 aliphatic rings. The Morgan fingerprint density at radius 2 is 2.05 bits per heavy atom. The van der Waals surface area contributed by atoms with Crippen LogP contribution in [0, 0.1) is 0 Å². The van der Waals surface area contributed by atoms with E-state index in [1.54, 1.807) is 14.0 Å². The van der Waals surface area contributed by atoms with E-state index >= 15 is 0 Å². The Hall–Kier alpha value is -2.14. The standard InChI is InChI=1S/C14H17N3O2/c1-9(8-18)17(2)14(19)12-7-16-13(15)11-6-4-3-5-10(11)12/h3-7,9,18H,8H2,1-2H3,(H2,15,16). The average molecular weight is 259 g/mol. The first-order chi connectivity index (χ1) is 9.06. The van der Waals surface area contributed by atoms with Crippen molar-refractivity contribution in [3.05, 3.63) is 36.0 Å². The molecule has 1 aromatic heterocycles. The molecule has 1 heterocycles. The average Bonchev–Trinajstić information content (AvgIpc) is 2.45. The second-order valence-corrected chi connectivity index (χ2v) is 4.55. The van der Waals surface area contributed by atoms with Crippen LogP contribution in [0.2, 0.25) is 0 Å². The van der Waals surface area contributed by atoms with Crippen molar-refractivity contribution in [1.29, 1.82) is 0 Å². The smallest absolute Gasteiger partial charge is 0.256 e. The summed E-state index contributed by atoms with van der Waals surface area (Å²) in [6, 6.07) is 7.15. The molecular formula is C14H17N3O2. The molecule has 3 N–H and O–H groups in total. The van der Waals surface area contributed by atoms with Crippen molar-refractivity contribution in [2.24, 2.45) is 0 Å². The molecule has 1 amide bonds. The van der Waals surface area contributed by atoms with E-state index in [0.29, 0.717) is 11.4 Å². The predicted molar refractivity (Wildman–Crippen MR) is 74.8 cm³/mol. The van der Waals surface area contributed by atoms with Gasteiger partial charge in [0.25, 0.3) is 5.91 Å². The van der Waals surface area contributed by atoms with Gasteiger partial charge >= 0.3 is 0 Å². The van der Waals surface area contributed by atoms with Crippen LogP contribution in [0.25, 0.3) is 10.8 Å². The molecule has 2 aromatic rings. The number of pyridine rings is 1. The van der Waals surface area contributed by atoms with Crippen LogP contribution < -0.4 is 5.73 Å². The van der Waals surface area contributed by atoms with Crippen LogP contribution in [0.15, 0.2) is 30.5 Å². The molecule has 0 fully saturated rings. The number of hydrogen-bond acceptors (Lipinski definition) is 4. The maximum absolute atomic E-state index is 12.4. The molecule has 0 saturated carbocycles. The van der Waals surface area contributed by atoms with E-state index in [9.17, 15) is 4.79 Å². The third kappa shape index (κ3) is 2.37. The fraction of sp³-hybridized carbons (Fsp3) is 0.286. The summed E-state index contributed by atoms with van der Waals surface area (Å²) in [5, 5.41) is 10.7. The Morgan fingerprint density at radius 3 is 2.68 bits per heavy atom. The number of aromatic nitrogens is 1. The summed E-state index contributed by atoms with van der Waals surface area (Å²) in [4.78, 5) is 18.0. The summed E-state index contributed by atoms with van der Waals surface area (Å²) in [6.07, 6.45) is 1.49. The predicted octanol–water partition coefficient (Wildman–Crippen LogP) is 1.27. The highest BCUT2D eigenvalue weighted by molar-refractivity contribution is 6.08. The van der Waals surface area contributed by atoms with Gasteiger partial charge in [-0.05, 0) is 12.3 Å². The molecule has 0 radical (unpaired) electrons. The van der Waals surface area contributed by atoms with Crippen molar-refractivity contribution in [1.82, 2.24) is 9.88 Å². The van der Waals surface area contributed by atoms with Gasteiger partial charge in [0, 0.05) is 18.6 Å². The van der Waals surface area contributed by atoms with Gasteiger partial charge in [0.2, 0.25) is 0 Å². The zero-order chi connectivity index (χ0) is 14.0. The number of nitrogens with zero attached hydrogens (tertiary/aromatic N) is 2. The number of rotatable bonds is 3. The number of aliphatic hydroxyl groups is 1. The lowest BCUT2D eigenvalue weighted by molar-refractivity contribution is 0.0684. The zero-order valence-electron chi connectivity index (χ0n) is 11.0. The van der Waals surface area contributed by atoms with Crippen LogP contribution in [0.3, 0.4) is 0 Å². The lowest BCUT2D eigenvalue weighted by Gasteiger charge is -2.23. The molecule has 1 aromatic carbocycles. The van der Waals surface area contributed by atoms with Gasteiger partial charge in [-0.2, -0.15) is 0 Å². The van der Waals surface area contributed by atoms with Crippen LogP contribution in [-0.2, 0) is 0 Å². The zero-order valence-corrected chi connectivity index (χ0v) is 11.0. The second kappa shape index (κ2) is 5.24. The van der Waals surface area contributed by atoms with Gasteiger partial charge in [-0.25, -0.2) is 4.98 Å². The summed E-state index contributed by atoms with van der Waals surface area (Å²) in [6.45, 7) is 1.70. The quantitative estimate of drug-likeness (QED) is 0.870. The second-order valence-electron chi connectivity index (χ2n) is 4.55. The van der Waals surface area contributed by atoms with Gasteiger partial charge in [-0.3, -0.25) is 4.79 Å². The molecule has 5 heteroatoms. The monoisotopic (exact) mass is 259 g/mol. The Balaban J connectivity index is 2.52. The van der Waals surface area contributed by atoms with Gasteiger partial charge < -0.3 is 15.7 Å². The molecule has 1 atom stereocenters. The summed E-state index contributed by atoms with van der Waals surface area (Å²) in [7, 11) is 1.66. The van der Waals surface area contributed by atoms with Crippen molar-refractivity contribution in [2.75, 3.05) is 19.4 Å². The fourth-order valence-corrected chi connectivity index (χ4v) is 1.90. The largest absolute Gasteiger partial charge is 0.394 e. The number of anilines is 1. The molecule has 19 heavy (non-hydrogen) atoms. The number of nitrogen functional groups attached to an aromatic ring is 1. The van der Waals surface area contributed by atoms with E-state index in [0.717, 1.165) is 10.8 Å². The molecular weight excluding hydrogens is 242 g/mol. The number of carbonyl (C=O) groups is 1. The minimum absolute atomic E-state index is 0.0808. The summed E-state index contributed by atoms with van der Waals surface area (Å²) in [5.41, 5.74) is 6.30. The topological polar surface area (TPSA) is 79.5 Å².